The van der Waals surface area contributed by atoms with Crippen LogP contribution in [-0.4, -0.2) is 38.6 Å². The van der Waals surface area contributed by atoms with E-state index < -0.39 is 10.0 Å². The highest BCUT2D eigenvalue weighted by Crippen LogP contribution is 2.33. The standard InChI is InChI=1S/C15H20N2O3S/c1-4-15(18)16(3)12(2)13-8-5-6-9-14(13)17-10-7-11-21(17,19)20/h4-6,8-9,12H,1,7,10-11H2,2-3H3/t12-/m0/s1. The minimum Gasteiger partial charge on any atom is -0.335 e. The number of amides is 1. The number of likely N-dealkylation sites (N-methyl/N-ethyl adjacent to an activating group) is 1. The Balaban J connectivity index is 2.42. The van der Waals surface area contributed by atoms with Crippen molar-refractivity contribution in [2.24, 2.45) is 0 Å². The van der Waals surface area contributed by atoms with Crippen LogP contribution in [0.5, 0.6) is 0 Å². The summed E-state index contributed by atoms with van der Waals surface area (Å²) in [5.41, 5.74) is 1.48. The highest BCUT2D eigenvalue weighted by Gasteiger charge is 2.31. The van der Waals surface area contributed by atoms with Gasteiger partial charge in [-0.25, -0.2) is 8.42 Å². The first-order chi connectivity index (χ1) is 9.88. The van der Waals surface area contributed by atoms with Gasteiger partial charge >= 0.3 is 0 Å². The molecule has 0 radical (unpaired) electrons. The van der Waals surface area contributed by atoms with Gasteiger partial charge in [0.25, 0.3) is 0 Å². The van der Waals surface area contributed by atoms with Crippen LogP contribution in [0.3, 0.4) is 0 Å². The summed E-state index contributed by atoms with van der Waals surface area (Å²) in [7, 11) is -1.55. The van der Waals surface area contributed by atoms with Gasteiger partial charge in [0.05, 0.1) is 17.5 Å². The van der Waals surface area contributed by atoms with Crippen LogP contribution in [0.25, 0.3) is 0 Å². The van der Waals surface area contributed by atoms with E-state index in [0.29, 0.717) is 18.7 Å². The molecule has 0 aliphatic carbocycles. The Kier molecular flexibility index (Phi) is 4.37. The highest BCUT2D eigenvalue weighted by atomic mass is 32.2. The van der Waals surface area contributed by atoms with E-state index in [9.17, 15) is 13.2 Å². The van der Waals surface area contributed by atoms with Gasteiger partial charge in [-0.15, -0.1) is 0 Å². The van der Waals surface area contributed by atoms with Gasteiger partial charge < -0.3 is 4.90 Å². The average Bonchev–Trinajstić information content (AvgIpc) is 2.84. The van der Waals surface area contributed by atoms with Crippen molar-refractivity contribution in [1.82, 2.24) is 4.90 Å². The van der Waals surface area contributed by atoms with Crippen LogP contribution < -0.4 is 4.31 Å². The van der Waals surface area contributed by atoms with E-state index in [1.807, 2.05) is 25.1 Å². The first kappa shape index (κ1) is 15.6. The Morgan fingerprint density at radius 2 is 2.10 bits per heavy atom. The van der Waals surface area contributed by atoms with Crippen LogP contribution in [0.2, 0.25) is 0 Å². The van der Waals surface area contributed by atoms with Crippen molar-refractivity contribution in [3.05, 3.63) is 42.5 Å². The number of para-hydroxylation sites is 1. The SMILES string of the molecule is C=CC(=O)N(C)[C@@H](C)c1ccccc1N1CCCS1(=O)=O. The largest absolute Gasteiger partial charge is 0.335 e. The number of nitrogens with zero attached hydrogens (tertiary/aromatic N) is 2. The normalized spacial score (nSPS) is 18.3. The molecule has 1 amide bonds. The number of hydrogen-bond donors (Lipinski definition) is 0. The van der Waals surface area contributed by atoms with Gasteiger partial charge in [0.15, 0.2) is 0 Å². The van der Waals surface area contributed by atoms with Gasteiger partial charge in [-0.1, -0.05) is 24.8 Å². The molecule has 0 N–H and O–H groups in total. The lowest BCUT2D eigenvalue weighted by atomic mass is 10.0. The molecule has 1 aliphatic heterocycles. The molecule has 5 nitrogen and oxygen atoms in total. The predicted octanol–water partition coefficient (Wildman–Crippen LogP) is 1.93. The van der Waals surface area contributed by atoms with Crippen molar-refractivity contribution in [3.8, 4) is 0 Å². The molecular formula is C15H20N2O3S. The van der Waals surface area contributed by atoms with Gasteiger partial charge in [0.2, 0.25) is 15.9 Å². The number of hydrogen-bond acceptors (Lipinski definition) is 3. The molecule has 1 atom stereocenters. The lowest BCUT2D eigenvalue weighted by Crippen LogP contribution is -2.31. The Labute approximate surface area is 125 Å². The van der Waals surface area contributed by atoms with E-state index in [2.05, 4.69) is 6.58 Å². The molecule has 1 aromatic carbocycles. The number of anilines is 1. The fourth-order valence-electron chi connectivity index (χ4n) is 2.52. The molecule has 0 spiro atoms. The summed E-state index contributed by atoms with van der Waals surface area (Å²) < 4.78 is 25.7. The molecule has 6 heteroatoms. The van der Waals surface area contributed by atoms with E-state index in [0.717, 1.165) is 5.56 Å². The van der Waals surface area contributed by atoms with Crippen molar-refractivity contribution in [3.63, 3.8) is 0 Å². The van der Waals surface area contributed by atoms with Gasteiger partial charge in [-0.05, 0) is 31.1 Å². The summed E-state index contributed by atoms with van der Waals surface area (Å²) >= 11 is 0. The summed E-state index contributed by atoms with van der Waals surface area (Å²) in [4.78, 5) is 13.3. The van der Waals surface area contributed by atoms with Gasteiger partial charge in [0, 0.05) is 13.6 Å². The number of carbonyl (C=O) groups is 1. The summed E-state index contributed by atoms with van der Waals surface area (Å²) in [6, 6.07) is 7.09. The second-order valence-corrected chi connectivity index (χ2v) is 7.14. The fourth-order valence-corrected chi connectivity index (χ4v) is 4.11. The molecule has 0 unspecified atom stereocenters. The third-order valence-corrected chi connectivity index (χ3v) is 5.71. The zero-order valence-corrected chi connectivity index (χ0v) is 13.1. The zero-order chi connectivity index (χ0) is 15.6. The van der Waals surface area contributed by atoms with Crippen LogP contribution in [0.4, 0.5) is 5.69 Å². The Hall–Kier alpha value is -1.82. The Morgan fingerprint density at radius 1 is 1.43 bits per heavy atom. The highest BCUT2D eigenvalue weighted by molar-refractivity contribution is 7.93. The van der Waals surface area contributed by atoms with E-state index in [1.165, 1.54) is 10.4 Å². The van der Waals surface area contributed by atoms with E-state index in [-0.39, 0.29) is 17.7 Å². The van der Waals surface area contributed by atoms with Crippen LogP contribution in [-0.2, 0) is 14.8 Å². The first-order valence-corrected chi connectivity index (χ1v) is 8.48. The molecule has 0 aromatic heterocycles. The summed E-state index contributed by atoms with van der Waals surface area (Å²) in [5, 5.41) is 0. The summed E-state index contributed by atoms with van der Waals surface area (Å²) in [6.45, 7) is 5.85. The van der Waals surface area contributed by atoms with Crippen molar-refractivity contribution in [2.45, 2.75) is 19.4 Å². The molecular weight excluding hydrogens is 288 g/mol. The molecule has 1 saturated heterocycles. The monoisotopic (exact) mass is 308 g/mol. The van der Waals surface area contributed by atoms with E-state index >= 15 is 0 Å². The molecule has 0 saturated carbocycles. The predicted molar refractivity (Wildman–Crippen MR) is 83.6 cm³/mol. The maximum absolute atomic E-state index is 12.1. The fraction of sp³-hybridized carbons (Fsp3) is 0.400. The first-order valence-electron chi connectivity index (χ1n) is 6.87. The van der Waals surface area contributed by atoms with Crippen LogP contribution in [0, 0.1) is 0 Å². The molecule has 21 heavy (non-hydrogen) atoms. The molecule has 1 fully saturated rings. The van der Waals surface area contributed by atoms with Crippen molar-refractivity contribution >= 4 is 21.6 Å². The number of sulfonamides is 1. The number of carbonyl (C=O) groups excluding carboxylic acids is 1. The molecule has 114 valence electrons. The van der Waals surface area contributed by atoms with Crippen molar-refractivity contribution in [2.75, 3.05) is 23.7 Å². The number of benzene rings is 1. The quantitative estimate of drug-likeness (QED) is 0.799. The Morgan fingerprint density at radius 3 is 2.67 bits per heavy atom. The van der Waals surface area contributed by atoms with E-state index in [4.69, 9.17) is 0 Å². The minimum atomic E-state index is -3.24. The maximum Gasteiger partial charge on any atom is 0.246 e. The molecule has 1 heterocycles. The smallest absolute Gasteiger partial charge is 0.246 e. The van der Waals surface area contributed by atoms with E-state index in [1.54, 1.807) is 18.0 Å². The Bertz CT molecular complexity index is 655. The molecule has 0 bridgehead atoms. The van der Waals surface area contributed by atoms with Crippen LogP contribution in [0.1, 0.15) is 24.9 Å². The third-order valence-electron chi connectivity index (χ3n) is 3.86. The zero-order valence-electron chi connectivity index (χ0n) is 12.3. The minimum absolute atomic E-state index is 0.178. The topological polar surface area (TPSA) is 57.7 Å². The van der Waals surface area contributed by atoms with Crippen LogP contribution >= 0.6 is 0 Å². The van der Waals surface area contributed by atoms with Gasteiger partial charge in [-0.2, -0.15) is 0 Å². The lowest BCUT2D eigenvalue weighted by molar-refractivity contribution is -0.126. The van der Waals surface area contributed by atoms with Crippen molar-refractivity contribution < 1.29 is 13.2 Å². The lowest BCUT2D eigenvalue weighted by Gasteiger charge is -2.28. The average molecular weight is 308 g/mol. The van der Waals surface area contributed by atoms with Crippen LogP contribution in [0.15, 0.2) is 36.9 Å². The third kappa shape index (κ3) is 2.95. The molecule has 1 aliphatic rings. The van der Waals surface area contributed by atoms with Gasteiger partial charge in [-0.3, -0.25) is 9.10 Å². The maximum atomic E-state index is 12.1. The summed E-state index contributed by atoms with van der Waals surface area (Å²) in [5.74, 6) is -0.0153. The molecule has 1 aromatic rings. The second-order valence-electron chi connectivity index (χ2n) is 5.13. The number of rotatable bonds is 4. The molecule has 2 rings (SSSR count). The van der Waals surface area contributed by atoms with Gasteiger partial charge in [0.1, 0.15) is 0 Å². The second kappa shape index (κ2) is 5.89. The van der Waals surface area contributed by atoms with Crippen molar-refractivity contribution in [1.29, 1.82) is 0 Å². The summed E-state index contributed by atoms with van der Waals surface area (Å²) in [6.07, 6.45) is 1.89.